The van der Waals surface area contributed by atoms with Gasteiger partial charge in [-0.05, 0) is 97.1 Å². The molecule has 0 saturated heterocycles. The Morgan fingerprint density at radius 2 is 0.778 bits per heavy atom. The number of nitrogens with zero attached hydrogens (tertiary/aromatic N) is 3. The van der Waals surface area contributed by atoms with Crippen molar-refractivity contribution >= 4 is 5.69 Å². The zero-order valence-corrected chi connectivity index (χ0v) is 34.4. The molecule has 1 aromatic heterocycles. The van der Waals surface area contributed by atoms with Crippen molar-refractivity contribution in [1.29, 1.82) is 0 Å². The van der Waals surface area contributed by atoms with Gasteiger partial charge in [-0.15, -0.1) is 0 Å². The maximum absolute atomic E-state index is 7.94. The molecule has 10 aromatic rings. The lowest BCUT2D eigenvalue weighted by Crippen LogP contribution is -2.28. The summed E-state index contributed by atoms with van der Waals surface area (Å²) >= 11 is 0. The van der Waals surface area contributed by atoms with E-state index in [0.717, 1.165) is 72.6 Å². The standard InChI is InChI=1S/C60H39N3/c1-61-52-32-33-53-54-38-46(31-34-55(54)60(56(53)39-52,50-23-13-5-14-24-50)51-25-15-6-16-26-51)43-27-29-45(30-28-43)59-62-57(44-21-11-4-12-22-44)40-58(63-59)49-36-47(41-17-7-2-8-18-41)35-48(37-49)42-19-9-3-10-20-42/h2-40H. The van der Waals surface area contributed by atoms with Gasteiger partial charge in [-0.25, -0.2) is 14.8 Å². The number of benzene rings is 9. The summed E-state index contributed by atoms with van der Waals surface area (Å²) < 4.78 is 0. The molecule has 0 atom stereocenters. The summed E-state index contributed by atoms with van der Waals surface area (Å²) in [5.74, 6) is 0.665. The molecule has 3 heteroatoms. The fourth-order valence-electron chi connectivity index (χ4n) is 9.39. The average Bonchev–Trinajstić information content (AvgIpc) is 3.67. The molecule has 0 radical (unpaired) electrons. The van der Waals surface area contributed by atoms with E-state index in [1.807, 2.05) is 12.1 Å². The van der Waals surface area contributed by atoms with Crippen LogP contribution in [0, 0.1) is 6.57 Å². The number of rotatable bonds is 8. The molecule has 0 amide bonds. The van der Waals surface area contributed by atoms with Gasteiger partial charge in [0.05, 0.1) is 23.4 Å². The monoisotopic (exact) mass is 801 g/mol. The molecule has 0 aliphatic heterocycles. The minimum absolute atomic E-state index is 0.572. The van der Waals surface area contributed by atoms with Crippen molar-refractivity contribution in [3.05, 3.63) is 270 Å². The Morgan fingerprint density at radius 1 is 0.317 bits per heavy atom. The van der Waals surface area contributed by atoms with Crippen LogP contribution in [-0.4, -0.2) is 9.97 Å². The van der Waals surface area contributed by atoms with Gasteiger partial charge in [0.2, 0.25) is 0 Å². The molecule has 63 heavy (non-hydrogen) atoms. The van der Waals surface area contributed by atoms with Gasteiger partial charge in [-0.2, -0.15) is 0 Å². The Bertz CT molecular complexity index is 3200. The third-order valence-electron chi connectivity index (χ3n) is 12.4. The first-order chi connectivity index (χ1) is 31.2. The van der Waals surface area contributed by atoms with Gasteiger partial charge in [-0.3, -0.25) is 0 Å². The van der Waals surface area contributed by atoms with Gasteiger partial charge in [0.25, 0.3) is 0 Å². The van der Waals surface area contributed by atoms with E-state index in [1.54, 1.807) is 0 Å². The molecule has 0 saturated carbocycles. The number of hydrogen-bond donors (Lipinski definition) is 0. The van der Waals surface area contributed by atoms with Crippen LogP contribution in [0.5, 0.6) is 0 Å². The van der Waals surface area contributed by atoms with Gasteiger partial charge in [0.1, 0.15) is 0 Å². The van der Waals surface area contributed by atoms with Gasteiger partial charge < -0.3 is 0 Å². The Hall–Kier alpha value is -8.45. The van der Waals surface area contributed by atoms with Crippen molar-refractivity contribution in [2.45, 2.75) is 5.41 Å². The smallest absolute Gasteiger partial charge is 0.187 e. The van der Waals surface area contributed by atoms with E-state index < -0.39 is 5.41 Å². The molecule has 0 fully saturated rings. The zero-order chi connectivity index (χ0) is 42.2. The first-order valence-corrected chi connectivity index (χ1v) is 21.3. The summed E-state index contributed by atoms with van der Waals surface area (Å²) in [4.78, 5) is 14.4. The van der Waals surface area contributed by atoms with Crippen LogP contribution < -0.4 is 0 Å². The Labute approximate surface area is 368 Å². The minimum atomic E-state index is -0.572. The lowest BCUT2D eigenvalue weighted by atomic mass is 9.67. The van der Waals surface area contributed by atoms with Crippen molar-refractivity contribution in [2.75, 3.05) is 0 Å². The predicted molar refractivity (Wildman–Crippen MR) is 258 cm³/mol. The van der Waals surface area contributed by atoms with Gasteiger partial charge in [-0.1, -0.05) is 206 Å². The lowest BCUT2D eigenvalue weighted by Gasteiger charge is -2.34. The Morgan fingerprint density at radius 3 is 1.33 bits per heavy atom. The van der Waals surface area contributed by atoms with Gasteiger partial charge in [0, 0.05) is 16.7 Å². The third-order valence-corrected chi connectivity index (χ3v) is 12.4. The number of fused-ring (bicyclic) bond motifs is 3. The van der Waals surface area contributed by atoms with E-state index >= 15 is 0 Å². The highest BCUT2D eigenvalue weighted by Gasteiger charge is 2.46. The highest BCUT2D eigenvalue weighted by atomic mass is 14.9. The maximum Gasteiger partial charge on any atom is 0.187 e. The van der Waals surface area contributed by atoms with Crippen molar-refractivity contribution in [1.82, 2.24) is 9.97 Å². The van der Waals surface area contributed by atoms with Gasteiger partial charge >= 0.3 is 0 Å². The van der Waals surface area contributed by atoms with Crippen molar-refractivity contribution in [3.8, 4) is 78.4 Å². The van der Waals surface area contributed by atoms with Crippen LogP contribution in [0.3, 0.4) is 0 Å². The molecule has 294 valence electrons. The van der Waals surface area contributed by atoms with E-state index in [-0.39, 0.29) is 0 Å². The molecular formula is C60H39N3. The van der Waals surface area contributed by atoms with E-state index in [9.17, 15) is 0 Å². The number of aromatic nitrogens is 2. The molecule has 1 heterocycles. The summed E-state index contributed by atoms with van der Waals surface area (Å²) in [7, 11) is 0. The molecule has 1 aliphatic rings. The first kappa shape index (κ1) is 37.5. The van der Waals surface area contributed by atoms with Crippen LogP contribution in [0.1, 0.15) is 22.3 Å². The van der Waals surface area contributed by atoms with Crippen molar-refractivity contribution in [3.63, 3.8) is 0 Å². The van der Waals surface area contributed by atoms with E-state index in [1.165, 1.54) is 22.3 Å². The quantitative estimate of drug-likeness (QED) is 0.143. The van der Waals surface area contributed by atoms with Crippen LogP contribution >= 0.6 is 0 Å². The maximum atomic E-state index is 7.94. The van der Waals surface area contributed by atoms with Crippen LogP contribution in [0.4, 0.5) is 5.69 Å². The molecule has 0 spiro atoms. The van der Waals surface area contributed by atoms with E-state index in [2.05, 4.69) is 229 Å². The Kier molecular flexibility index (Phi) is 9.45. The van der Waals surface area contributed by atoms with Crippen molar-refractivity contribution in [2.24, 2.45) is 0 Å². The topological polar surface area (TPSA) is 30.1 Å². The molecular weight excluding hydrogens is 763 g/mol. The van der Waals surface area contributed by atoms with Crippen LogP contribution in [-0.2, 0) is 5.41 Å². The molecule has 0 bridgehead atoms. The highest BCUT2D eigenvalue weighted by molar-refractivity contribution is 5.90. The largest absolute Gasteiger partial charge is 0.238 e. The van der Waals surface area contributed by atoms with E-state index in [4.69, 9.17) is 16.5 Å². The molecule has 0 N–H and O–H groups in total. The average molecular weight is 802 g/mol. The second-order valence-corrected chi connectivity index (χ2v) is 16.0. The van der Waals surface area contributed by atoms with Crippen LogP contribution in [0.2, 0.25) is 0 Å². The molecule has 9 aromatic carbocycles. The summed E-state index contributed by atoms with van der Waals surface area (Å²) in [6.45, 7) is 7.94. The first-order valence-electron chi connectivity index (χ1n) is 21.3. The normalized spacial score (nSPS) is 12.2. The number of hydrogen-bond acceptors (Lipinski definition) is 2. The fraction of sp³-hybridized carbons (Fsp3) is 0.0167. The summed E-state index contributed by atoms with van der Waals surface area (Å²) in [6.07, 6.45) is 0. The molecule has 1 aliphatic carbocycles. The second kappa shape index (κ2) is 15.9. The van der Waals surface area contributed by atoms with Crippen molar-refractivity contribution < 1.29 is 0 Å². The fourth-order valence-corrected chi connectivity index (χ4v) is 9.39. The lowest BCUT2D eigenvalue weighted by molar-refractivity contribution is 0.769. The molecule has 3 nitrogen and oxygen atoms in total. The van der Waals surface area contributed by atoms with E-state index in [0.29, 0.717) is 11.5 Å². The predicted octanol–water partition coefficient (Wildman–Crippen LogP) is 15.4. The van der Waals surface area contributed by atoms with Gasteiger partial charge in [0.15, 0.2) is 11.5 Å². The minimum Gasteiger partial charge on any atom is -0.238 e. The summed E-state index contributed by atoms with van der Waals surface area (Å²) in [5, 5.41) is 0. The SMILES string of the molecule is [C-]#[N+]c1ccc2c(c1)C(c1ccccc1)(c1ccccc1)c1ccc(-c3ccc(-c4nc(-c5ccccc5)cc(-c5cc(-c6ccccc6)cc(-c6ccccc6)c5)n4)cc3)cc1-2. The van der Waals surface area contributed by atoms with Crippen LogP contribution in [0.25, 0.3) is 83.3 Å². The molecule has 11 rings (SSSR count). The zero-order valence-electron chi connectivity index (χ0n) is 34.4. The summed E-state index contributed by atoms with van der Waals surface area (Å²) in [5.41, 5.74) is 18.6. The highest BCUT2D eigenvalue weighted by Crippen LogP contribution is 2.57. The van der Waals surface area contributed by atoms with Crippen LogP contribution in [0.15, 0.2) is 237 Å². The molecule has 0 unspecified atom stereocenters. The Balaban J connectivity index is 1.03. The summed E-state index contributed by atoms with van der Waals surface area (Å²) in [6, 6.07) is 83.4. The third kappa shape index (κ3) is 6.72. The second-order valence-electron chi connectivity index (χ2n) is 16.0.